The fraction of sp³-hybridized carbons (Fsp3) is 0.667. The van der Waals surface area contributed by atoms with E-state index in [9.17, 15) is 4.79 Å². The largest absolute Gasteiger partial charge is 0.368 e. The van der Waals surface area contributed by atoms with E-state index in [0.717, 1.165) is 24.9 Å². The molecule has 0 aromatic heterocycles. The topological polar surface area (TPSA) is 32.3 Å². The van der Waals surface area contributed by atoms with E-state index in [4.69, 9.17) is 0 Å². The van der Waals surface area contributed by atoms with Gasteiger partial charge in [0.15, 0.2) is 0 Å². The number of carbonyl (C=O) groups is 1. The zero-order chi connectivity index (χ0) is 16.5. The molecule has 1 aromatic rings. The molecular weight excluding hydrogens is 296 g/mol. The summed E-state index contributed by atoms with van der Waals surface area (Å²) in [6.07, 6.45) is 14.4. The molecule has 2 aliphatic carbocycles. The van der Waals surface area contributed by atoms with E-state index in [0.29, 0.717) is 11.1 Å². The number of benzene rings is 1. The Hall–Kier alpha value is -1.35. The summed E-state index contributed by atoms with van der Waals surface area (Å²) >= 11 is 0. The molecule has 1 saturated heterocycles. The van der Waals surface area contributed by atoms with Crippen LogP contribution in [0.5, 0.6) is 0 Å². The minimum absolute atomic E-state index is 0.303. The van der Waals surface area contributed by atoms with Crippen LogP contribution in [0.15, 0.2) is 24.3 Å². The predicted molar refractivity (Wildman–Crippen MR) is 98.8 cm³/mol. The molecule has 24 heavy (non-hydrogen) atoms. The van der Waals surface area contributed by atoms with Gasteiger partial charge < -0.3 is 10.2 Å². The molecule has 2 spiro atoms. The smallest absolute Gasteiger partial charge is 0.150 e. The van der Waals surface area contributed by atoms with Gasteiger partial charge in [-0.15, -0.1) is 0 Å². The molecule has 0 amide bonds. The molecule has 3 fully saturated rings. The normalized spacial score (nSPS) is 25.8. The molecular formula is C21H30N2O. The van der Waals surface area contributed by atoms with Gasteiger partial charge in [-0.2, -0.15) is 0 Å². The highest BCUT2D eigenvalue weighted by Gasteiger charge is 2.47. The van der Waals surface area contributed by atoms with Crippen molar-refractivity contribution in [3.8, 4) is 0 Å². The lowest BCUT2D eigenvalue weighted by atomic mass is 9.72. The lowest BCUT2D eigenvalue weighted by Crippen LogP contribution is -2.72. The van der Waals surface area contributed by atoms with Gasteiger partial charge in [0, 0.05) is 35.4 Å². The van der Waals surface area contributed by atoms with Crippen molar-refractivity contribution >= 4 is 12.0 Å². The Morgan fingerprint density at radius 1 is 0.792 bits per heavy atom. The summed E-state index contributed by atoms with van der Waals surface area (Å²) in [5.74, 6) is 0. The van der Waals surface area contributed by atoms with Crippen molar-refractivity contribution in [2.75, 3.05) is 18.0 Å². The standard InChI is InChI=1S/C21H30N2O/c24-15-18-7-9-19(10-8-18)23-16-20(11-3-1-4-12-20)22-21(17-23)13-5-2-6-14-21/h7-10,15,22H,1-6,11-14,16-17H2. The summed E-state index contributed by atoms with van der Waals surface area (Å²) in [6, 6.07) is 8.21. The summed E-state index contributed by atoms with van der Waals surface area (Å²) < 4.78 is 0. The highest BCUT2D eigenvalue weighted by molar-refractivity contribution is 5.75. The van der Waals surface area contributed by atoms with Crippen LogP contribution in [0.1, 0.15) is 74.6 Å². The van der Waals surface area contributed by atoms with Crippen LogP contribution in [0.25, 0.3) is 0 Å². The number of rotatable bonds is 2. The van der Waals surface area contributed by atoms with Crippen molar-refractivity contribution in [2.24, 2.45) is 0 Å². The SMILES string of the molecule is O=Cc1ccc(N2CC3(CCCCC3)NC3(CCCCC3)C2)cc1. The second kappa shape index (κ2) is 6.51. The Morgan fingerprint density at radius 2 is 1.29 bits per heavy atom. The van der Waals surface area contributed by atoms with Crippen molar-refractivity contribution in [1.82, 2.24) is 5.32 Å². The number of hydrogen-bond donors (Lipinski definition) is 1. The minimum Gasteiger partial charge on any atom is -0.368 e. The first-order valence-electron chi connectivity index (χ1n) is 9.82. The molecule has 1 aliphatic heterocycles. The van der Waals surface area contributed by atoms with Crippen LogP contribution in [0.4, 0.5) is 5.69 Å². The number of aldehydes is 1. The highest BCUT2D eigenvalue weighted by Crippen LogP contribution is 2.41. The van der Waals surface area contributed by atoms with Gasteiger partial charge in [-0.25, -0.2) is 0 Å². The number of piperazine rings is 1. The third-order valence-corrected chi connectivity index (χ3v) is 6.53. The summed E-state index contributed by atoms with van der Waals surface area (Å²) in [5, 5.41) is 4.21. The average Bonchev–Trinajstić information content (AvgIpc) is 2.62. The van der Waals surface area contributed by atoms with Crippen LogP contribution in [0.3, 0.4) is 0 Å². The minimum atomic E-state index is 0.303. The van der Waals surface area contributed by atoms with Crippen LogP contribution < -0.4 is 10.2 Å². The molecule has 4 rings (SSSR count). The van der Waals surface area contributed by atoms with Crippen LogP contribution in [-0.2, 0) is 0 Å². The van der Waals surface area contributed by atoms with Crippen LogP contribution in [0.2, 0.25) is 0 Å². The Bertz CT molecular complexity index is 542. The first-order valence-corrected chi connectivity index (χ1v) is 9.82. The molecule has 130 valence electrons. The number of hydrogen-bond acceptors (Lipinski definition) is 3. The van der Waals surface area contributed by atoms with Gasteiger partial charge in [0.05, 0.1) is 0 Å². The van der Waals surface area contributed by atoms with E-state index in [-0.39, 0.29) is 0 Å². The van der Waals surface area contributed by atoms with Crippen molar-refractivity contribution in [3.63, 3.8) is 0 Å². The van der Waals surface area contributed by atoms with Gasteiger partial charge in [-0.05, 0) is 49.9 Å². The Balaban J connectivity index is 1.63. The molecule has 1 aromatic carbocycles. The fourth-order valence-electron chi connectivity index (χ4n) is 5.40. The predicted octanol–water partition coefficient (Wildman–Crippen LogP) is 4.31. The third-order valence-electron chi connectivity index (χ3n) is 6.53. The van der Waals surface area contributed by atoms with Crippen LogP contribution in [0, 0.1) is 0 Å². The fourth-order valence-corrected chi connectivity index (χ4v) is 5.40. The highest BCUT2D eigenvalue weighted by atomic mass is 16.1. The average molecular weight is 326 g/mol. The third kappa shape index (κ3) is 3.11. The molecule has 0 atom stereocenters. The summed E-state index contributed by atoms with van der Waals surface area (Å²) in [4.78, 5) is 13.6. The van der Waals surface area contributed by atoms with Crippen molar-refractivity contribution < 1.29 is 4.79 Å². The number of nitrogens with zero attached hydrogens (tertiary/aromatic N) is 1. The Labute approximate surface area is 145 Å². The zero-order valence-corrected chi connectivity index (χ0v) is 14.7. The van der Waals surface area contributed by atoms with E-state index < -0.39 is 0 Å². The van der Waals surface area contributed by atoms with Crippen molar-refractivity contribution in [3.05, 3.63) is 29.8 Å². The van der Waals surface area contributed by atoms with Gasteiger partial charge in [-0.1, -0.05) is 38.5 Å². The monoisotopic (exact) mass is 326 g/mol. The molecule has 0 bridgehead atoms. The summed E-state index contributed by atoms with van der Waals surface area (Å²) in [7, 11) is 0. The second-order valence-corrected chi connectivity index (χ2v) is 8.37. The molecule has 2 saturated carbocycles. The van der Waals surface area contributed by atoms with Crippen LogP contribution >= 0.6 is 0 Å². The maximum absolute atomic E-state index is 11.0. The summed E-state index contributed by atoms with van der Waals surface area (Å²) in [5.41, 5.74) is 2.67. The lowest BCUT2D eigenvalue weighted by Gasteiger charge is -2.57. The Kier molecular flexibility index (Phi) is 4.38. The molecule has 3 aliphatic rings. The maximum atomic E-state index is 11.0. The zero-order valence-electron chi connectivity index (χ0n) is 14.7. The van der Waals surface area contributed by atoms with Crippen molar-refractivity contribution in [1.29, 1.82) is 0 Å². The summed E-state index contributed by atoms with van der Waals surface area (Å²) in [6.45, 7) is 2.24. The molecule has 1 heterocycles. The van der Waals surface area contributed by atoms with E-state index in [1.165, 1.54) is 69.9 Å². The van der Waals surface area contributed by atoms with Crippen LogP contribution in [-0.4, -0.2) is 30.5 Å². The first kappa shape index (κ1) is 16.1. The van der Waals surface area contributed by atoms with Gasteiger partial charge in [0.1, 0.15) is 6.29 Å². The first-order chi connectivity index (χ1) is 11.7. The van der Waals surface area contributed by atoms with Gasteiger partial charge >= 0.3 is 0 Å². The molecule has 3 nitrogen and oxygen atoms in total. The maximum Gasteiger partial charge on any atom is 0.150 e. The molecule has 3 heteroatoms. The number of carbonyl (C=O) groups excluding carboxylic acids is 1. The van der Waals surface area contributed by atoms with E-state index in [2.05, 4.69) is 22.3 Å². The quantitative estimate of drug-likeness (QED) is 0.822. The van der Waals surface area contributed by atoms with Gasteiger partial charge in [0.2, 0.25) is 0 Å². The second-order valence-electron chi connectivity index (χ2n) is 8.37. The van der Waals surface area contributed by atoms with Gasteiger partial charge in [0.25, 0.3) is 0 Å². The van der Waals surface area contributed by atoms with Gasteiger partial charge in [-0.3, -0.25) is 4.79 Å². The lowest BCUT2D eigenvalue weighted by molar-refractivity contribution is 0.0975. The van der Waals surface area contributed by atoms with Crippen molar-refractivity contribution in [2.45, 2.75) is 75.3 Å². The molecule has 0 radical (unpaired) electrons. The Morgan fingerprint density at radius 3 is 1.75 bits per heavy atom. The number of anilines is 1. The van der Waals surface area contributed by atoms with E-state index in [1.54, 1.807) is 0 Å². The van der Waals surface area contributed by atoms with E-state index in [1.807, 2.05) is 12.1 Å². The van der Waals surface area contributed by atoms with E-state index >= 15 is 0 Å². The molecule has 1 N–H and O–H groups in total. The molecule has 0 unspecified atom stereocenters. The number of nitrogens with one attached hydrogen (secondary N) is 1.